The van der Waals surface area contributed by atoms with Gasteiger partial charge in [0.2, 0.25) is 0 Å². The van der Waals surface area contributed by atoms with Crippen molar-refractivity contribution in [3.05, 3.63) is 0 Å². The van der Waals surface area contributed by atoms with Gasteiger partial charge in [-0.3, -0.25) is 0 Å². The monoisotopic (exact) mass is 228 g/mol. The molecule has 1 atom stereocenters. The van der Waals surface area contributed by atoms with Gasteiger partial charge in [0.1, 0.15) is 5.60 Å². The van der Waals surface area contributed by atoms with E-state index in [0.717, 1.165) is 13.1 Å². The summed E-state index contributed by atoms with van der Waals surface area (Å²) in [6.07, 6.45) is -0.222. The second-order valence-electron chi connectivity index (χ2n) is 5.97. The normalized spacial score (nSPS) is 19.6. The fourth-order valence-corrected chi connectivity index (χ4v) is 1.78. The average molecular weight is 228 g/mol. The number of likely N-dealkylation sites (tertiary alicyclic amines) is 1. The van der Waals surface area contributed by atoms with Crippen LogP contribution in [0.1, 0.15) is 34.6 Å². The van der Waals surface area contributed by atoms with E-state index in [2.05, 4.69) is 13.8 Å². The molecule has 0 aromatic heterocycles. The van der Waals surface area contributed by atoms with Crippen LogP contribution in [-0.4, -0.2) is 35.7 Å². The lowest BCUT2D eigenvalue weighted by Gasteiger charge is -2.43. The third kappa shape index (κ3) is 3.37. The fourth-order valence-electron chi connectivity index (χ4n) is 1.78. The van der Waals surface area contributed by atoms with Gasteiger partial charge in [-0.05, 0) is 26.7 Å². The molecule has 0 unspecified atom stereocenters. The van der Waals surface area contributed by atoms with Gasteiger partial charge in [-0.15, -0.1) is 0 Å². The standard InChI is InChI=1S/C12H24N2O2/c1-8(2)10(13)9-6-14(7-9)11(15)16-12(3,4)5/h8-10H,6-7,13H2,1-5H3/t10-/m0/s1. The van der Waals surface area contributed by atoms with Gasteiger partial charge in [-0.25, -0.2) is 4.79 Å². The van der Waals surface area contributed by atoms with Gasteiger partial charge < -0.3 is 15.4 Å². The molecule has 1 aliphatic rings. The Balaban J connectivity index is 2.33. The zero-order chi connectivity index (χ0) is 12.5. The highest BCUT2D eigenvalue weighted by atomic mass is 16.6. The van der Waals surface area contributed by atoms with E-state index in [1.807, 2.05) is 20.8 Å². The molecule has 94 valence electrons. The molecule has 0 spiro atoms. The molecule has 0 aliphatic carbocycles. The van der Waals surface area contributed by atoms with Crippen molar-refractivity contribution in [3.8, 4) is 0 Å². The summed E-state index contributed by atoms with van der Waals surface area (Å²) in [7, 11) is 0. The maximum Gasteiger partial charge on any atom is 0.410 e. The number of nitrogens with zero attached hydrogens (tertiary/aromatic N) is 1. The molecule has 1 saturated heterocycles. The van der Waals surface area contributed by atoms with Gasteiger partial charge in [-0.2, -0.15) is 0 Å². The number of amides is 1. The molecule has 1 fully saturated rings. The number of nitrogens with two attached hydrogens (primary N) is 1. The largest absolute Gasteiger partial charge is 0.444 e. The van der Waals surface area contributed by atoms with Crippen LogP contribution in [0.5, 0.6) is 0 Å². The second kappa shape index (κ2) is 4.62. The molecule has 0 aromatic rings. The van der Waals surface area contributed by atoms with Crippen LogP contribution in [0.25, 0.3) is 0 Å². The summed E-state index contributed by atoms with van der Waals surface area (Å²) in [5.74, 6) is 0.887. The number of hydrogen-bond acceptors (Lipinski definition) is 3. The number of ether oxygens (including phenoxy) is 1. The minimum atomic E-state index is -0.414. The quantitative estimate of drug-likeness (QED) is 0.784. The number of carbonyl (C=O) groups is 1. The Labute approximate surface area is 98.1 Å². The lowest BCUT2D eigenvalue weighted by molar-refractivity contribution is -0.00707. The zero-order valence-corrected chi connectivity index (χ0v) is 11.0. The number of rotatable bonds is 2. The van der Waals surface area contributed by atoms with Crippen molar-refractivity contribution < 1.29 is 9.53 Å². The van der Waals surface area contributed by atoms with Gasteiger partial charge >= 0.3 is 6.09 Å². The van der Waals surface area contributed by atoms with Gasteiger partial charge in [0.05, 0.1) is 0 Å². The fraction of sp³-hybridized carbons (Fsp3) is 0.917. The lowest BCUT2D eigenvalue weighted by atomic mass is 9.86. The van der Waals surface area contributed by atoms with Crippen LogP contribution in [0.4, 0.5) is 4.79 Å². The Bertz CT molecular complexity index is 252. The van der Waals surface area contributed by atoms with Crippen molar-refractivity contribution in [1.29, 1.82) is 0 Å². The Kier molecular flexibility index (Phi) is 3.84. The van der Waals surface area contributed by atoms with E-state index in [1.165, 1.54) is 0 Å². The van der Waals surface area contributed by atoms with Crippen LogP contribution in [-0.2, 0) is 4.74 Å². The minimum absolute atomic E-state index is 0.179. The van der Waals surface area contributed by atoms with Crippen molar-refractivity contribution in [2.75, 3.05) is 13.1 Å². The topological polar surface area (TPSA) is 55.6 Å². The van der Waals surface area contributed by atoms with E-state index < -0.39 is 5.60 Å². The second-order valence-corrected chi connectivity index (χ2v) is 5.97. The first-order chi connectivity index (χ1) is 7.20. The lowest BCUT2D eigenvalue weighted by Crippen LogP contribution is -2.58. The van der Waals surface area contributed by atoms with Gasteiger partial charge in [0, 0.05) is 25.0 Å². The molecule has 4 heteroatoms. The summed E-state index contributed by atoms with van der Waals surface area (Å²) < 4.78 is 5.28. The minimum Gasteiger partial charge on any atom is -0.444 e. The molecule has 2 N–H and O–H groups in total. The molecule has 1 rings (SSSR count). The molecule has 0 radical (unpaired) electrons. The zero-order valence-electron chi connectivity index (χ0n) is 11.0. The molecule has 0 bridgehead atoms. The first-order valence-corrected chi connectivity index (χ1v) is 5.94. The van der Waals surface area contributed by atoms with Crippen LogP contribution in [0.15, 0.2) is 0 Å². The molecule has 16 heavy (non-hydrogen) atoms. The van der Waals surface area contributed by atoms with Gasteiger partial charge in [0.25, 0.3) is 0 Å². The van der Waals surface area contributed by atoms with Crippen LogP contribution >= 0.6 is 0 Å². The smallest absolute Gasteiger partial charge is 0.410 e. The summed E-state index contributed by atoms with van der Waals surface area (Å²) in [5.41, 5.74) is 5.62. The summed E-state index contributed by atoms with van der Waals surface area (Å²) in [6.45, 7) is 11.3. The highest BCUT2D eigenvalue weighted by Gasteiger charge is 2.37. The van der Waals surface area contributed by atoms with Crippen molar-refractivity contribution >= 4 is 6.09 Å². The highest BCUT2D eigenvalue weighted by Crippen LogP contribution is 2.24. The first kappa shape index (κ1) is 13.3. The predicted molar refractivity (Wildman–Crippen MR) is 64.1 cm³/mol. The number of hydrogen-bond donors (Lipinski definition) is 1. The van der Waals surface area contributed by atoms with E-state index in [-0.39, 0.29) is 12.1 Å². The van der Waals surface area contributed by atoms with E-state index >= 15 is 0 Å². The summed E-state index contributed by atoms with van der Waals surface area (Å²) in [4.78, 5) is 13.4. The Morgan fingerprint density at radius 1 is 1.38 bits per heavy atom. The molecular formula is C12H24N2O2. The number of carbonyl (C=O) groups excluding carboxylic acids is 1. The molecule has 4 nitrogen and oxygen atoms in total. The Hall–Kier alpha value is -0.770. The Morgan fingerprint density at radius 2 is 1.88 bits per heavy atom. The SMILES string of the molecule is CC(C)[C@H](N)C1CN(C(=O)OC(C)(C)C)C1. The molecule has 1 amide bonds. The average Bonchev–Trinajstić information content (AvgIpc) is 1.96. The van der Waals surface area contributed by atoms with Crippen molar-refractivity contribution in [2.24, 2.45) is 17.6 Å². The van der Waals surface area contributed by atoms with Gasteiger partial charge in [-0.1, -0.05) is 13.8 Å². The molecule has 0 saturated carbocycles. The van der Waals surface area contributed by atoms with Crippen molar-refractivity contribution in [1.82, 2.24) is 4.90 Å². The molecule has 0 aromatic carbocycles. The molecule has 1 aliphatic heterocycles. The molecular weight excluding hydrogens is 204 g/mol. The molecule has 1 heterocycles. The van der Waals surface area contributed by atoms with Gasteiger partial charge in [0.15, 0.2) is 0 Å². The summed E-state index contributed by atoms with van der Waals surface area (Å²) in [6, 6.07) is 0.179. The van der Waals surface area contributed by atoms with Crippen LogP contribution in [0.3, 0.4) is 0 Å². The van der Waals surface area contributed by atoms with E-state index in [0.29, 0.717) is 11.8 Å². The van der Waals surface area contributed by atoms with Crippen LogP contribution in [0.2, 0.25) is 0 Å². The van der Waals surface area contributed by atoms with Crippen LogP contribution < -0.4 is 5.73 Å². The van der Waals surface area contributed by atoms with E-state index in [4.69, 9.17) is 10.5 Å². The van der Waals surface area contributed by atoms with Crippen molar-refractivity contribution in [2.45, 2.75) is 46.3 Å². The maximum atomic E-state index is 11.6. The Morgan fingerprint density at radius 3 is 2.25 bits per heavy atom. The third-order valence-electron chi connectivity index (χ3n) is 2.88. The summed E-state index contributed by atoms with van der Waals surface area (Å²) in [5, 5.41) is 0. The first-order valence-electron chi connectivity index (χ1n) is 5.94. The summed E-state index contributed by atoms with van der Waals surface area (Å²) >= 11 is 0. The van der Waals surface area contributed by atoms with E-state index in [9.17, 15) is 4.79 Å². The third-order valence-corrected chi connectivity index (χ3v) is 2.88. The van der Waals surface area contributed by atoms with E-state index in [1.54, 1.807) is 4.90 Å². The predicted octanol–water partition coefficient (Wildman–Crippen LogP) is 1.84. The maximum absolute atomic E-state index is 11.6. The van der Waals surface area contributed by atoms with Crippen LogP contribution in [0, 0.1) is 11.8 Å². The highest BCUT2D eigenvalue weighted by molar-refractivity contribution is 5.69. The van der Waals surface area contributed by atoms with Crippen molar-refractivity contribution in [3.63, 3.8) is 0 Å².